The van der Waals surface area contributed by atoms with Gasteiger partial charge in [-0.05, 0) is 38.3 Å². The maximum absolute atomic E-state index is 12.5. The molecule has 0 bridgehead atoms. The van der Waals surface area contributed by atoms with E-state index < -0.39 is 0 Å². The lowest BCUT2D eigenvalue weighted by atomic mass is 9.96. The van der Waals surface area contributed by atoms with Crippen molar-refractivity contribution >= 4 is 22.8 Å². The minimum absolute atomic E-state index is 0.0320. The van der Waals surface area contributed by atoms with Crippen LogP contribution in [-0.4, -0.2) is 61.4 Å². The summed E-state index contributed by atoms with van der Waals surface area (Å²) in [7, 11) is 0. The number of anilines is 1. The Morgan fingerprint density at radius 3 is 2.79 bits per heavy atom. The lowest BCUT2D eigenvalue weighted by molar-refractivity contribution is -0.128. The molecule has 28 heavy (non-hydrogen) atoms. The zero-order valence-electron chi connectivity index (χ0n) is 16.6. The fourth-order valence-electron chi connectivity index (χ4n) is 3.88. The minimum atomic E-state index is -0.0322. The van der Waals surface area contributed by atoms with E-state index in [-0.39, 0.29) is 17.9 Å². The fourth-order valence-corrected chi connectivity index (χ4v) is 3.88. The number of aryl methyl sites for hydroxylation is 2. The second-order valence-corrected chi connectivity index (χ2v) is 7.70. The summed E-state index contributed by atoms with van der Waals surface area (Å²) in [5.74, 6) is 0.909. The molecule has 7 nitrogen and oxygen atoms in total. The van der Waals surface area contributed by atoms with Crippen LogP contribution in [0.25, 0.3) is 10.9 Å². The van der Waals surface area contributed by atoms with E-state index in [0.717, 1.165) is 48.5 Å². The number of piperidine rings is 1. The van der Waals surface area contributed by atoms with Crippen LogP contribution in [0.15, 0.2) is 18.2 Å². The molecule has 1 atom stereocenters. The van der Waals surface area contributed by atoms with Gasteiger partial charge in [-0.2, -0.15) is 0 Å². The summed E-state index contributed by atoms with van der Waals surface area (Å²) in [4.78, 5) is 24.2. The molecule has 1 amide bonds. The van der Waals surface area contributed by atoms with E-state index in [1.54, 1.807) is 0 Å². The number of nitrogens with one attached hydrogen (secondary N) is 1. The number of nitrogens with zero attached hydrogens (tertiary/aromatic N) is 3. The molecule has 150 valence electrons. The van der Waals surface area contributed by atoms with Crippen molar-refractivity contribution in [3.05, 3.63) is 29.5 Å². The average Bonchev–Trinajstić information content (AvgIpc) is 2.72. The molecular weight excluding hydrogens is 356 g/mol. The Morgan fingerprint density at radius 2 is 2.04 bits per heavy atom. The number of hydrogen-bond acceptors (Lipinski definition) is 6. The number of hydrogen-bond donors (Lipinski definition) is 1. The molecule has 2 aliphatic heterocycles. The maximum Gasteiger partial charge on any atom is 0.226 e. The van der Waals surface area contributed by atoms with Crippen molar-refractivity contribution in [2.24, 2.45) is 5.92 Å². The molecule has 0 aliphatic carbocycles. The second kappa shape index (κ2) is 8.41. The van der Waals surface area contributed by atoms with Crippen molar-refractivity contribution in [3.63, 3.8) is 0 Å². The van der Waals surface area contributed by atoms with E-state index in [2.05, 4.69) is 35.3 Å². The molecule has 0 radical (unpaired) electrons. The molecule has 1 N–H and O–H groups in total. The van der Waals surface area contributed by atoms with Gasteiger partial charge in [0.05, 0.1) is 37.1 Å². The van der Waals surface area contributed by atoms with Gasteiger partial charge < -0.3 is 19.7 Å². The highest BCUT2D eigenvalue weighted by Gasteiger charge is 2.27. The van der Waals surface area contributed by atoms with Gasteiger partial charge in [-0.25, -0.2) is 9.97 Å². The molecule has 2 aromatic rings. The molecule has 0 unspecified atom stereocenters. The predicted octanol–water partition coefficient (Wildman–Crippen LogP) is 1.99. The molecule has 2 saturated heterocycles. The number of rotatable bonds is 4. The molecule has 1 aromatic heterocycles. The maximum atomic E-state index is 12.5. The van der Waals surface area contributed by atoms with E-state index in [1.807, 2.05) is 6.92 Å². The number of ether oxygens (including phenoxy) is 2. The second-order valence-electron chi connectivity index (χ2n) is 7.70. The van der Waals surface area contributed by atoms with Crippen LogP contribution in [0.3, 0.4) is 0 Å². The number of benzene rings is 1. The normalized spacial score (nSPS) is 21.1. The van der Waals surface area contributed by atoms with Crippen molar-refractivity contribution in [2.45, 2.75) is 32.8 Å². The molecule has 1 aromatic carbocycles. The van der Waals surface area contributed by atoms with Crippen LogP contribution in [0.4, 0.5) is 5.95 Å². The Hall–Kier alpha value is -2.25. The van der Waals surface area contributed by atoms with Crippen LogP contribution in [0.1, 0.15) is 24.1 Å². The van der Waals surface area contributed by atoms with Gasteiger partial charge in [-0.1, -0.05) is 12.1 Å². The molecule has 0 saturated carbocycles. The van der Waals surface area contributed by atoms with Crippen molar-refractivity contribution in [1.82, 2.24) is 15.3 Å². The van der Waals surface area contributed by atoms with Crippen LogP contribution in [0, 0.1) is 19.8 Å². The molecule has 3 heterocycles. The van der Waals surface area contributed by atoms with Gasteiger partial charge in [0, 0.05) is 30.9 Å². The topological polar surface area (TPSA) is 76.6 Å². The van der Waals surface area contributed by atoms with E-state index in [1.165, 1.54) is 5.56 Å². The zero-order chi connectivity index (χ0) is 19.5. The molecule has 0 spiro atoms. The predicted molar refractivity (Wildman–Crippen MR) is 108 cm³/mol. The van der Waals surface area contributed by atoms with Crippen LogP contribution >= 0.6 is 0 Å². The first-order valence-corrected chi connectivity index (χ1v) is 10.1. The van der Waals surface area contributed by atoms with Crippen LogP contribution < -0.4 is 10.2 Å². The highest BCUT2D eigenvalue weighted by Crippen LogP contribution is 2.24. The number of aromatic nitrogens is 2. The molecule has 7 heteroatoms. The van der Waals surface area contributed by atoms with Crippen molar-refractivity contribution in [2.75, 3.05) is 44.4 Å². The molecule has 2 aliphatic rings. The lowest BCUT2D eigenvalue weighted by Gasteiger charge is -2.32. The monoisotopic (exact) mass is 384 g/mol. The standard InChI is InChI=1S/C21H28N4O3/c1-14-3-4-18-15(2)23-21(24-19(18)11-14)25-7-5-16(6-8-25)20(26)22-12-17-13-27-9-10-28-17/h3-4,11,16-17H,5-10,12-13H2,1-2H3,(H,22,26)/t17-/m0/s1. The van der Waals surface area contributed by atoms with Gasteiger partial charge >= 0.3 is 0 Å². The lowest BCUT2D eigenvalue weighted by Crippen LogP contribution is -2.45. The summed E-state index contributed by atoms with van der Waals surface area (Å²) in [6.45, 7) is 7.99. The van der Waals surface area contributed by atoms with Gasteiger partial charge in [-0.15, -0.1) is 0 Å². The quantitative estimate of drug-likeness (QED) is 0.869. The van der Waals surface area contributed by atoms with E-state index in [4.69, 9.17) is 19.4 Å². The van der Waals surface area contributed by atoms with Crippen LogP contribution in [-0.2, 0) is 14.3 Å². The van der Waals surface area contributed by atoms with Gasteiger partial charge in [0.2, 0.25) is 11.9 Å². The third-order valence-electron chi connectivity index (χ3n) is 5.57. The van der Waals surface area contributed by atoms with Crippen LogP contribution in [0.2, 0.25) is 0 Å². The van der Waals surface area contributed by atoms with Gasteiger partial charge in [0.25, 0.3) is 0 Å². The Morgan fingerprint density at radius 1 is 1.21 bits per heavy atom. The first-order chi connectivity index (χ1) is 13.6. The van der Waals surface area contributed by atoms with Crippen LogP contribution in [0.5, 0.6) is 0 Å². The average molecular weight is 384 g/mol. The Bertz CT molecular complexity index is 843. The highest BCUT2D eigenvalue weighted by molar-refractivity contribution is 5.82. The fraction of sp³-hybridized carbons (Fsp3) is 0.571. The Kier molecular flexibility index (Phi) is 5.73. The largest absolute Gasteiger partial charge is 0.376 e. The number of carbonyl (C=O) groups is 1. The minimum Gasteiger partial charge on any atom is -0.376 e. The third-order valence-corrected chi connectivity index (χ3v) is 5.57. The summed E-state index contributed by atoms with van der Waals surface area (Å²) in [6, 6.07) is 6.28. The van der Waals surface area contributed by atoms with Gasteiger partial charge in [0.15, 0.2) is 0 Å². The summed E-state index contributed by atoms with van der Waals surface area (Å²) < 4.78 is 11.0. The highest BCUT2D eigenvalue weighted by atomic mass is 16.6. The number of amides is 1. The van der Waals surface area contributed by atoms with Crippen molar-refractivity contribution in [3.8, 4) is 0 Å². The van der Waals surface area contributed by atoms with E-state index in [9.17, 15) is 4.79 Å². The number of carbonyl (C=O) groups excluding carboxylic acids is 1. The van der Waals surface area contributed by atoms with E-state index in [0.29, 0.717) is 26.4 Å². The Labute approximate surface area is 165 Å². The van der Waals surface area contributed by atoms with Crippen molar-refractivity contribution < 1.29 is 14.3 Å². The third kappa shape index (κ3) is 4.25. The first-order valence-electron chi connectivity index (χ1n) is 10.1. The Balaban J connectivity index is 1.34. The van der Waals surface area contributed by atoms with Gasteiger partial charge in [0.1, 0.15) is 0 Å². The summed E-state index contributed by atoms with van der Waals surface area (Å²) in [5.41, 5.74) is 3.17. The summed E-state index contributed by atoms with van der Waals surface area (Å²) in [5, 5.41) is 4.12. The zero-order valence-corrected chi connectivity index (χ0v) is 16.6. The summed E-state index contributed by atoms with van der Waals surface area (Å²) >= 11 is 0. The molecule has 4 rings (SSSR count). The molecule has 2 fully saturated rings. The van der Waals surface area contributed by atoms with E-state index >= 15 is 0 Å². The van der Waals surface area contributed by atoms with Crippen molar-refractivity contribution in [1.29, 1.82) is 0 Å². The SMILES string of the molecule is Cc1ccc2c(C)nc(N3CCC(C(=O)NC[C@H]4COCCO4)CC3)nc2c1. The smallest absolute Gasteiger partial charge is 0.226 e. The molecular formula is C21H28N4O3. The number of fused-ring (bicyclic) bond motifs is 1. The van der Waals surface area contributed by atoms with Gasteiger partial charge in [-0.3, -0.25) is 4.79 Å². The summed E-state index contributed by atoms with van der Waals surface area (Å²) in [6.07, 6.45) is 1.58. The first kappa shape index (κ1) is 19.1.